The van der Waals surface area contributed by atoms with E-state index in [1.807, 2.05) is 11.0 Å². The monoisotopic (exact) mass is 517 g/mol. The van der Waals surface area contributed by atoms with Gasteiger partial charge in [-0.2, -0.15) is 0 Å². The first-order valence-electron chi connectivity index (χ1n) is 9.30. The molecule has 3 rings (SSSR count). The van der Waals surface area contributed by atoms with E-state index in [1.165, 1.54) is 10.4 Å². The van der Waals surface area contributed by atoms with Gasteiger partial charge in [0.25, 0.3) is 0 Å². The molecule has 2 N–H and O–H groups in total. The Hall–Kier alpha value is -1.62. The minimum atomic E-state index is 0. The van der Waals surface area contributed by atoms with Gasteiger partial charge in [0.1, 0.15) is 0 Å². The smallest absolute Gasteiger partial charge is 0.224 e. The van der Waals surface area contributed by atoms with Crippen LogP contribution in [0.25, 0.3) is 0 Å². The number of amides is 1. The molecule has 1 amide bonds. The standard InChI is InChI=1S/C19H27N5O2S.HI/c1-13(2)16-10-15(26-23-16)11-22-19(20-3)21-7-4-18(25)24-8-5-17-14(12-24)6-9-27-17;/h6,9-10,13H,4-5,7-8,11-12H2,1-3H3,(H2,20,21,22);1H. The summed E-state index contributed by atoms with van der Waals surface area (Å²) in [5.41, 5.74) is 2.23. The van der Waals surface area contributed by atoms with Gasteiger partial charge in [-0.3, -0.25) is 9.79 Å². The van der Waals surface area contributed by atoms with Crippen molar-refractivity contribution in [3.05, 3.63) is 39.4 Å². The number of aliphatic imine (C=N–C) groups is 1. The van der Waals surface area contributed by atoms with Gasteiger partial charge in [0.2, 0.25) is 5.91 Å². The second-order valence-corrected chi connectivity index (χ2v) is 7.91. The molecular formula is C19H28IN5O2S. The number of halogens is 1. The lowest BCUT2D eigenvalue weighted by molar-refractivity contribution is -0.131. The zero-order valence-electron chi connectivity index (χ0n) is 16.5. The van der Waals surface area contributed by atoms with E-state index in [0.29, 0.717) is 31.4 Å². The Kier molecular flexibility index (Phi) is 8.74. The highest BCUT2D eigenvalue weighted by Gasteiger charge is 2.21. The van der Waals surface area contributed by atoms with Gasteiger partial charge >= 0.3 is 0 Å². The number of hydrogen-bond donors (Lipinski definition) is 2. The molecule has 0 radical (unpaired) electrons. The second kappa shape index (κ2) is 10.8. The third-order valence-corrected chi connectivity index (χ3v) is 5.64. The van der Waals surface area contributed by atoms with Crippen molar-refractivity contribution < 1.29 is 9.32 Å². The molecule has 7 nitrogen and oxygen atoms in total. The first-order chi connectivity index (χ1) is 13.1. The molecule has 0 spiro atoms. The number of rotatable bonds is 6. The normalized spacial score (nSPS) is 13.9. The Morgan fingerprint density at radius 3 is 2.96 bits per heavy atom. The first-order valence-corrected chi connectivity index (χ1v) is 10.2. The maximum absolute atomic E-state index is 12.5. The summed E-state index contributed by atoms with van der Waals surface area (Å²) in [6, 6.07) is 4.07. The maximum atomic E-state index is 12.5. The van der Waals surface area contributed by atoms with E-state index < -0.39 is 0 Å². The van der Waals surface area contributed by atoms with Crippen LogP contribution in [0.4, 0.5) is 0 Å². The van der Waals surface area contributed by atoms with Crippen LogP contribution in [0, 0.1) is 0 Å². The van der Waals surface area contributed by atoms with Crippen molar-refractivity contribution in [2.75, 3.05) is 20.1 Å². The minimum Gasteiger partial charge on any atom is -0.359 e. The quantitative estimate of drug-likeness (QED) is 0.350. The molecule has 0 saturated carbocycles. The van der Waals surface area contributed by atoms with Crippen LogP contribution in [-0.4, -0.2) is 42.1 Å². The van der Waals surface area contributed by atoms with Crippen LogP contribution in [0.3, 0.4) is 0 Å². The zero-order chi connectivity index (χ0) is 19.2. The number of fused-ring (bicyclic) bond motifs is 1. The van der Waals surface area contributed by atoms with Crippen molar-refractivity contribution >= 4 is 47.2 Å². The van der Waals surface area contributed by atoms with E-state index >= 15 is 0 Å². The Bertz CT molecular complexity index is 802. The van der Waals surface area contributed by atoms with E-state index in [1.54, 1.807) is 18.4 Å². The average molecular weight is 517 g/mol. The van der Waals surface area contributed by atoms with Gasteiger partial charge in [0.15, 0.2) is 11.7 Å². The minimum absolute atomic E-state index is 0. The van der Waals surface area contributed by atoms with Gasteiger partial charge in [0, 0.05) is 44.0 Å². The van der Waals surface area contributed by atoms with E-state index in [4.69, 9.17) is 4.52 Å². The van der Waals surface area contributed by atoms with Gasteiger partial charge in [-0.05, 0) is 29.3 Å². The molecule has 0 aromatic carbocycles. The molecule has 154 valence electrons. The van der Waals surface area contributed by atoms with E-state index in [2.05, 4.69) is 46.1 Å². The van der Waals surface area contributed by atoms with Gasteiger partial charge < -0.3 is 20.1 Å². The van der Waals surface area contributed by atoms with Crippen molar-refractivity contribution in [3.8, 4) is 0 Å². The number of nitrogens with zero attached hydrogens (tertiary/aromatic N) is 3. The average Bonchev–Trinajstić information content (AvgIpc) is 3.32. The number of hydrogen-bond acceptors (Lipinski definition) is 5. The number of nitrogens with one attached hydrogen (secondary N) is 2. The fraction of sp³-hybridized carbons (Fsp3) is 0.526. The van der Waals surface area contributed by atoms with Crippen LogP contribution < -0.4 is 10.6 Å². The lowest BCUT2D eigenvalue weighted by atomic mass is 10.1. The summed E-state index contributed by atoms with van der Waals surface area (Å²) in [5, 5.41) is 12.5. The van der Waals surface area contributed by atoms with Crippen molar-refractivity contribution in [2.24, 2.45) is 4.99 Å². The third-order valence-electron chi connectivity index (χ3n) is 4.61. The number of aromatic nitrogens is 1. The van der Waals surface area contributed by atoms with Crippen molar-refractivity contribution in [1.29, 1.82) is 0 Å². The maximum Gasteiger partial charge on any atom is 0.224 e. The number of carbonyl (C=O) groups excluding carboxylic acids is 1. The summed E-state index contributed by atoms with van der Waals surface area (Å²) in [5.74, 6) is 1.92. The van der Waals surface area contributed by atoms with Crippen molar-refractivity contribution in [1.82, 2.24) is 20.7 Å². The Labute approximate surface area is 187 Å². The molecule has 1 aliphatic rings. The SMILES string of the molecule is CN=C(NCCC(=O)N1CCc2sccc2C1)NCc1cc(C(C)C)no1.I. The highest BCUT2D eigenvalue weighted by atomic mass is 127. The molecule has 2 aromatic rings. The Morgan fingerprint density at radius 1 is 1.43 bits per heavy atom. The summed E-state index contributed by atoms with van der Waals surface area (Å²) in [6.07, 6.45) is 1.41. The lowest BCUT2D eigenvalue weighted by Crippen LogP contribution is -2.40. The van der Waals surface area contributed by atoms with Gasteiger partial charge in [0.05, 0.1) is 12.2 Å². The Morgan fingerprint density at radius 2 is 2.25 bits per heavy atom. The molecule has 0 bridgehead atoms. The van der Waals surface area contributed by atoms with Crippen molar-refractivity contribution in [2.45, 2.75) is 45.7 Å². The summed E-state index contributed by atoms with van der Waals surface area (Å²) >= 11 is 1.78. The van der Waals surface area contributed by atoms with Crippen LogP contribution in [0.1, 0.15) is 48.1 Å². The number of guanidine groups is 1. The molecule has 0 aliphatic carbocycles. The van der Waals surface area contributed by atoms with Gasteiger partial charge in [-0.25, -0.2) is 0 Å². The summed E-state index contributed by atoms with van der Waals surface area (Å²) < 4.78 is 5.31. The fourth-order valence-corrected chi connectivity index (χ4v) is 3.87. The molecule has 0 atom stereocenters. The topological polar surface area (TPSA) is 82.8 Å². The summed E-state index contributed by atoms with van der Waals surface area (Å²) in [4.78, 5) is 20.0. The van der Waals surface area contributed by atoms with E-state index in [-0.39, 0.29) is 29.9 Å². The highest BCUT2D eigenvalue weighted by Crippen LogP contribution is 2.24. The summed E-state index contributed by atoms with van der Waals surface area (Å²) in [6.45, 7) is 6.74. The molecule has 1 aliphatic heterocycles. The molecule has 3 heterocycles. The van der Waals surface area contributed by atoms with Crippen LogP contribution in [0.15, 0.2) is 27.0 Å². The molecule has 0 unspecified atom stereocenters. The third kappa shape index (κ3) is 5.94. The largest absolute Gasteiger partial charge is 0.359 e. The van der Waals surface area contributed by atoms with Gasteiger partial charge in [-0.1, -0.05) is 19.0 Å². The molecule has 28 heavy (non-hydrogen) atoms. The lowest BCUT2D eigenvalue weighted by Gasteiger charge is -2.27. The molecule has 2 aromatic heterocycles. The number of thiophene rings is 1. The second-order valence-electron chi connectivity index (χ2n) is 6.91. The van der Waals surface area contributed by atoms with Crippen LogP contribution >= 0.6 is 35.3 Å². The molecular weight excluding hydrogens is 489 g/mol. The number of carbonyl (C=O) groups is 1. The molecule has 0 saturated heterocycles. The van der Waals surface area contributed by atoms with Crippen LogP contribution in [-0.2, 0) is 24.3 Å². The predicted molar refractivity (Wildman–Crippen MR) is 122 cm³/mol. The Balaban J connectivity index is 0.00000280. The van der Waals surface area contributed by atoms with E-state index in [9.17, 15) is 4.79 Å². The summed E-state index contributed by atoms with van der Waals surface area (Å²) in [7, 11) is 1.71. The fourth-order valence-electron chi connectivity index (χ4n) is 2.98. The molecule has 0 fully saturated rings. The zero-order valence-corrected chi connectivity index (χ0v) is 19.7. The van der Waals surface area contributed by atoms with Crippen LogP contribution in [0.5, 0.6) is 0 Å². The predicted octanol–water partition coefficient (Wildman–Crippen LogP) is 3.12. The van der Waals surface area contributed by atoms with E-state index in [0.717, 1.165) is 31.0 Å². The van der Waals surface area contributed by atoms with Crippen LogP contribution in [0.2, 0.25) is 0 Å². The highest BCUT2D eigenvalue weighted by molar-refractivity contribution is 14.0. The van der Waals surface area contributed by atoms with Crippen molar-refractivity contribution in [3.63, 3.8) is 0 Å². The van der Waals surface area contributed by atoms with Gasteiger partial charge in [-0.15, -0.1) is 35.3 Å². The molecule has 9 heteroatoms. The first kappa shape index (κ1) is 22.7.